The summed E-state index contributed by atoms with van der Waals surface area (Å²) in [6.45, 7) is 0. The second kappa shape index (κ2) is 7.81. The van der Waals surface area contributed by atoms with Crippen molar-refractivity contribution in [1.29, 1.82) is 0 Å². The Labute approximate surface area is 148 Å². The van der Waals surface area contributed by atoms with Crippen molar-refractivity contribution in [3.05, 3.63) is 35.9 Å². The Morgan fingerprint density at radius 3 is 2.42 bits per heavy atom. The van der Waals surface area contributed by atoms with Gasteiger partial charge in [-0.3, -0.25) is 14.4 Å². The summed E-state index contributed by atoms with van der Waals surface area (Å²) < 4.78 is 0. The number of carbonyl (C=O) groups is 4. The van der Waals surface area contributed by atoms with Crippen molar-refractivity contribution >= 4 is 23.5 Å². The monoisotopic (exact) mass is 362 g/mol. The lowest BCUT2D eigenvalue weighted by Gasteiger charge is -2.33. The highest BCUT2D eigenvalue weighted by Gasteiger charge is 2.42. The molecule has 0 heterocycles. The number of ketones is 2. The van der Waals surface area contributed by atoms with E-state index in [1.165, 1.54) is 12.1 Å². The van der Waals surface area contributed by atoms with Gasteiger partial charge in [0.05, 0.1) is 6.42 Å². The Bertz CT molecular complexity index is 779. The van der Waals surface area contributed by atoms with Crippen LogP contribution >= 0.6 is 0 Å². The van der Waals surface area contributed by atoms with Crippen molar-refractivity contribution in [2.75, 3.05) is 0 Å². The summed E-state index contributed by atoms with van der Waals surface area (Å²) in [6.07, 6.45) is 1.86. The molecule has 0 amide bonds. The first-order valence-corrected chi connectivity index (χ1v) is 7.92. The van der Waals surface area contributed by atoms with Crippen LogP contribution in [0.15, 0.2) is 30.4 Å². The van der Waals surface area contributed by atoms with Crippen LogP contribution in [0, 0.1) is 11.8 Å². The maximum Gasteiger partial charge on any atom is 0.327 e. The second-order valence-electron chi connectivity index (χ2n) is 6.17. The average Bonchev–Trinajstić information content (AvgIpc) is 2.56. The van der Waals surface area contributed by atoms with Gasteiger partial charge >= 0.3 is 11.9 Å². The maximum atomic E-state index is 12.5. The van der Waals surface area contributed by atoms with Gasteiger partial charge in [0.2, 0.25) is 5.78 Å². The number of phenols is 2. The van der Waals surface area contributed by atoms with Gasteiger partial charge < -0.3 is 20.4 Å². The molecule has 0 aromatic heterocycles. The molecule has 0 radical (unpaired) electrons. The number of Topliss-reactive ketones (excluding diaryl/α,β-unsaturated/α-hetero) is 2. The highest BCUT2D eigenvalue weighted by atomic mass is 16.4. The number of carboxylic acid groups (broad SMARTS) is 2. The quantitative estimate of drug-likeness (QED) is 0.337. The van der Waals surface area contributed by atoms with Gasteiger partial charge in [-0.2, -0.15) is 0 Å². The SMILES string of the molecule is O=C(O)C=CC1CCC(=O)C(=O)C1C(CC(=O)O)c1ccc(O)c(O)c1. The van der Waals surface area contributed by atoms with Crippen LogP contribution in [0.1, 0.15) is 30.7 Å². The van der Waals surface area contributed by atoms with Gasteiger partial charge in [0.1, 0.15) is 0 Å². The van der Waals surface area contributed by atoms with E-state index in [0.29, 0.717) is 0 Å². The normalized spacial score (nSPS) is 21.7. The molecule has 1 aromatic rings. The van der Waals surface area contributed by atoms with Gasteiger partial charge in [-0.25, -0.2) is 4.79 Å². The number of aromatic hydroxyl groups is 2. The number of carboxylic acids is 2. The zero-order chi connectivity index (χ0) is 19.4. The standard InChI is InChI=1S/C18H18O8/c19-12-4-2-10(7-14(12)21)11(8-16(24)25)17-9(3-6-15(22)23)1-5-13(20)18(17)26/h2-4,6-7,9,11,17,19,21H,1,5,8H2,(H,22,23)(H,24,25). The number of hydrogen-bond donors (Lipinski definition) is 4. The third-order valence-corrected chi connectivity index (χ3v) is 4.49. The minimum absolute atomic E-state index is 0.0371. The second-order valence-corrected chi connectivity index (χ2v) is 6.17. The van der Waals surface area contributed by atoms with Crippen LogP contribution in [-0.4, -0.2) is 43.9 Å². The van der Waals surface area contributed by atoms with Gasteiger partial charge in [-0.1, -0.05) is 12.1 Å². The van der Waals surface area contributed by atoms with Crippen LogP contribution in [0.4, 0.5) is 0 Å². The van der Waals surface area contributed by atoms with E-state index in [-0.39, 0.29) is 18.4 Å². The van der Waals surface area contributed by atoms with Crippen LogP contribution in [0.2, 0.25) is 0 Å². The summed E-state index contributed by atoms with van der Waals surface area (Å²) in [5, 5.41) is 37.2. The Hall–Kier alpha value is -3.16. The predicted octanol–water partition coefficient (Wildman–Crippen LogP) is 1.46. The van der Waals surface area contributed by atoms with Gasteiger partial charge in [0, 0.05) is 24.3 Å². The lowest BCUT2D eigenvalue weighted by Crippen LogP contribution is -2.39. The Balaban J connectivity index is 2.50. The van der Waals surface area contributed by atoms with Crippen molar-refractivity contribution in [2.45, 2.75) is 25.2 Å². The maximum absolute atomic E-state index is 12.5. The molecule has 138 valence electrons. The number of allylic oxidation sites excluding steroid dienone is 1. The number of benzene rings is 1. The number of rotatable bonds is 6. The van der Waals surface area contributed by atoms with Crippen LogP contribution in [0.25, 0.3) is 0 Å². The molecule has 3 unspecified atom stereocenters. The van der Waals surface area contributed by atoms with Gasteiger partial charge in [0.15, 0.2) is 17.3 Å². The first kappa shape index (κ1) is 19.2. The third kappa shape index (κ3) is 4.27. The first-order valence-electron chi connectivity index (χ1n) is 7.92. The summed E-state index contributed by atoms with van der Waals surface area (Å²) >= 11 is 0. The Morgan fingerprint density at radius 1 is 1.15 bits per heavy atom. The summed E-state index contributed by atoms with van der Waals surface area (Å²) in [4.78, 5) is 46.5. The molecular formula is C18H18O8. The Kier molecular flexibility index (Phi) is 5.76. The van der Waals surface area contributed by atoms with E-state index in [1.807, 2.05) is 0 Å². The van der Waals surface area contributed by atoms with Gasteiger partial charge in [-0.05, 0) is 30.0 Å². The van der Waals surface area contributed by atoms with E-state index in [1.54, 1.807) is 0 Å². The molecule has 0 aliphatic heterocycles. The van der Waals surface area contributed by atoms with Crippen molar-refractivity contribution in [3.63, 3.8) is 0 Å². The molecule has 0 saturated heterocycles. The van der Waals surface area contributed by atoms with Gasteiger partial charge in [-0.15, -0.1) is 0 Å². The zero-order valence-electron chi connectivity index (χ0n) is 13.7. The van der Waals surface area contributed by atoms with Gasteiger partial charge in [0.25, 0.3) is 0 Å². The van der Waals surface area contributed by atoms with E-state index in [0.717, 1.165) is 18.2 Å². The Morgan fingerprint density at radius 2 is 1.85 bits per heavy atom. The van der Waals surface area contributed by atoms with E-state index >= 15 is 0 Å². The lowest BCUT2D eigenvalue weighted by atomic mass is 9.68. The fourth-order valence-corrected chi connectivity index (χ4v) is 3.30. The fraction of sp³-hybridized carbons (Fsp3) is 0.333. The number of carbonyl (C=O) groups excluding carboxylic acids is 2. The minimum Gasteiger partial charge on any atom is -0.504 e. The van der Waals surface area contributed by atoms with Crippen molar-refractivity contribution in [3.8, 4) is 11.5 Å². The predicted molar refractivity (Wildman–Crippen MR) is 87.8 cm³/mol. The van der Waals surface area contributed by atoms with Crippen molar-refractivity contribution < 1.29 is 39.6 Å². The first-order chi connectivity index (χ1) is 12.2. The topological polar surface area (TPSA) is 149 Å². The third-order valence-electron chi connectivity index (χ3n) is 4.49. The molecule has 8 heteroatoms. The van der Waals surface area contributed by atoms with Crippen molar-refractivity contribution in [2.24, 2.45) is 11.8 Å². The lowest BCUT2D eigenvalue weighted by molar-refractivity contribution is -0.144. The summed E-state index contributed by atoms with van der Waals surface area (Å²) in [6, 6.07) is 3.68. The molecule has 4 N–H and O–H groups in total. The fourth-order valence-electron chi connectivity index (χ4n) is 3.30. The van der Waals surface area contributed by atoms with E-state index in [9.17, 15) is 34.5 Å². The molecule has 0 bridgehead atoms. The van der Waals surface area contributed by atoms with Crippen molar-refractivity contribution in [1.82, 2.24) is 0 Å². The van der Waals surface area contributed by atoms with Crippen LogP contribution in [0.3, 0.4) is 0 Å². The van der Waals surface area contributed by atoms with E-state index < -0.39 is 59.2 Å². The molecule has 1 fully saturated rings. The molecule has 8 nitrogen and oxygen atoms in total. The van der Waals surface area contributed by atoms with Crippen LogP contribution in [-0.2, 0) is 19.2 Å². The highest BCUT2D eigenvalue weighted by molar-refractivity contribution is 6.38. The van der Waals surface area contributed by atoms with E-state index in [2.05, 4.69) is 0 Å². The minimum atomic E-state index is -1.22. The molecule has 2 rings (SSSR count). The molecular weight excluding hydrogens is 344 g/mol. The molecule has 1 aliphatic carbocycles. The number of hydrogen-bond acceptors (Lipinski definition) is 6. The van der Waals surface area contributed by atoms with E-state index in [4.69, 9.17) is 5.11 Å². The molecule has 3 atom stereocenters. The molecule has 26 heavy (non-hydrogen) atoms. The number of aliphatic carboxylic acids is 2. The summed E-state index contributed by atoms with van der Waals surface area (Å²) in [5.41, 5.74) is 0.268. The highest BCUT2D eigenvalue weighted by Crippen LogP contribution is 2.41. The zero-order valence-corrected chi connectivity index (χ0v) is 13.7. The molecule has 1 aromatic carbocycles. The largest absolute Gasteiger partial charge is 0.504 e. The number of phenolic OH excluding ortho intramolecular Hbond substituents is 2. The summed E-state index contributed by atoms with van der Waals surface area (Å²) in [5.74, 6) is -7.35. The smallest absolute Gasteiger partial charge is 0.327 e. The van der Waals surface area contributed by atoms with Crippen LogP contribution in [0.5, 0.6) is 11.5 Å². The van der Waals surface area contributed by atoms with Crippen LogP contribution < -0.4 is 0 Å². The molecule has 0 spiro atoms. The molecule has 1 saturated carbocycles. The average molecular weight is 362 g/mol. The molecule has 1 aliphatic rings. The summed E-state index contributed by atoms with van der Waals surface area (Å²) in [7, 11) is 0.